The molecule has 1 aromatic heterocycles. The molecule has 1 N–H and O–H groups in total. The van der Waals surface area contributed by atoms with Crippen LogP contribution in [0.4, 0.5) is 0 Å². The lowest BCUT2D eigenvalue weighted by Gasteiger charge is -1.91. The summed E-state index contributed by atoms with van der Waals surface area (Å²) in [6.45, 7) is 3.80. The standard InChI is InChI=1S/C5H8N2O2.H2/c1-3(2)4-6-7-5(8)9-4;/h3H,1-2H3,(H,7,8);1H. The Kier molecular flexibility index (Phi) is 1.38. The molecule has 0 bridgehead atoms. The zero-order chi connectivity index (χ0) is 6.85. The molecule has 1 aromatic rings. The van der Waals surface area contributed by atoms with E-state index in [2.05, 4.69) is 14.6 Å². The summed E-state index contributed by atoms with van der Waals surface area (Å²) in [7, 11) is 0. The van der Waals surface area contributed by atoms with Gasteiger partial charge in [0.25, 0.3) is 0 Å². The minimum Gasteiger partial charge on any atom is -0.392 e. The van der Waals surface area contributed by atoms with Crippen LogP contribution in [0.25, 0.3) is 0 Å². The van der Waals surface area contributed by atoms with E-state index >= 15 is 0 Å². The molecule has 0 atom stereocenters. The summed E-state index contributed by atoms with van der Waals surface area (Å²) in [6.07, 6.45) is 0. The highest BCUT2D eigenvalue weighted by molar-refractivity contribution is 4.80. The largest absolute Gasteiger partial charge is 0.434 e. The van der Waals surface area contributed by atoms with Crippen molar-refractivity contribution in [1.29, 1.82) is 0 Å². The molecule has 4 nitrogen and oxygen atoms in total. The molecular weight excluding hydrogens is 120 g/mol. The average molecular weight is 130 g/mol. The SMILES string of the molecule is CC(C)c1n[nH]c(=O)o1.[HH]. The zero-order valence-corrected chi connectivity index (χ0v) is 5.34. The Labute approximate surface area is 53.4 Å². The van der Waals surface area contributed by atoms with Crippen LogP contribution in [-0.4, -0.2) is 10.2 Å². The molecule has 0 aliphatic carbocycles. The van der Waals surface area contributed by atoms with E-state index < -0.39 is 5.76 Å². The number of H-pyrrole nitrogens is 1. The Morgan fingerprint density at radius 2 is 2.44 bits per heavy atom. The van der Waals surface area contributed by atoms with Gasteiger partial charge in [0.1, 0.15) is 0 Å². The fraction of sp³-hybridized carbons (Fsp3) is 0.600. The van der Waals surface area contributed by atoms with Crippen LogP contribution >= 0.6 is 0 Å². The highest BCUT2D eigenvalue weighted by Crippen LogP contribution is 2.05. The number of aromatic nitrogens is 2. The minimum absolute atomic E-state index is 0. The lowest BCUT2D eigenvalue weighted by Crippen LogP contribution is -1.93. The fourth-order valence-electron chi connectivity index (χ4n) is 0.488. The van der Waals surface area contributed by atoms with Gasteiger partial charge in [-0.05, 0) is 0 Å². The molecular formula is C5H10N2O2. The van der Waals surface area contributed by atoms with Crippen molar-refractivity contribution in [3.63, 3.8) is 0 Å². The predicted molar refractivity (Wildman–Crippen MR) is 33.3 cm³/mol. The van der Waals surface area contributed by atoms with Gasteiger partial charge in [-0.3, -0.25) is 0 Å². The lowest BCUT2D eigenvalue weighted by atomic mass is 10.2. The molecule has 0 saturated carbocycles. The first-order valence-corrected chi connectivity index (χ1v) is 2.75. The van der Waals surface area contributed by atoms with Crippen LogP contribution in [0.3, 0.4) is 0 Å². The van der Waals surface area contributed by atoms with Gasteiger partial charge in [0.15, 0.2) is 0 Å². The van der Waals surface area contributed by atoms with Crippen molar-refractivity contribution in [1.82, 2.24) is 10.2 Å². The summed E-state index contributed by atoms with van der Waals surface area (Å²) >= 11 is 0. The first-order chi connectivity index (χ1) is 4.20. The highest BCUT2D eigenvalue weighted by Gasteiger charge is 2.04. The summed E-state index contributed by atoms with van der Waals surface area (Å²) in [4.78, 5) is 10.3. The monoisotopic (exact) mass is 130 g/mol. The molecule has 1 heterocycles. The van der Waals surface area contributed by atoms with E-state index in [1.54, 1.807) is 0 Å². The number of hydrogen-bond donors (Lipinski definition) is 1. The fourth-order valence-corrected chi connectivity index (χ4v) is 0.488. The quantitative estimate of drug-likeness (QED) is 0.609. The Morgan fingerprint density at radius 1 is 1.78 bits per heavy atom. The number of nitrogens with zero attached hydrogens (tertiary/aromatic N) is 1. The summed E-state index contributed by atoms with van der Waals surface area (Å²) in [5.74, 6) is 0.141. The maximum atomic E-state index is 10.3. The predicted octanol–water partition coefficient (Wildman–Crippen LogP) is 0.732. The van der Waals surface area contributed by atoms with Gasteiger partial charge in [-0.15, -0.1) is 5.10 Å². The number of nitrogens with one attached hydrogen (secondary N) is 1. The van der Waals surface area contributed by atoms with Crippen LogP contribution < -0.4 is 5.76 Å². The van der Waals surface area contributed by atoms with Gasteiger partial charge in [0.05, 0.1) is 0 Å². The van der Waals surface area contributed by atoms with E-state index in [1.807, 2.05) is 13.8 Å². The van der Waals surface area contributed by atoms with Gasteiger partial charge >= 0.3 is 5.76 Å². The van der Waals surface area contributed by atoms with Gasteiger partial charge in [0.2, 0.25) is 5.89 Å². The van der Waals surface area contributed by atoms with Crippen molar-refractivity contribution in [2.45, 2.75) is 19.8 Å². The third kappa shape index (κ3) is 1.19. The highest BCUT2D eigenvalue weighted by atomic mass is 16.4. The van der Waals surface area contributed by atoms with Crippen LogP contribution in [0.15, 0.2) is 9.21 Å². The van der Waals surface area contributed by atoms with E-state index in [9.17, 15) is 4.79 Å². The van der Waals surface area contributed by atoms with Gasteiger partial charge < -0.3 is 4.42 Å². The van der Waals surface area contributed by atoms with E-state index in [0.717, 1.165) is 0 Å². The molecule has 9 heavy (non-hydrogen) atoms. The summed E-state index contributed by atoms with van der Waals surface area (Å²) in [6, 6.07) is 0. The summed E-state index contributed by atoms with van der Waals surface area (Å²) in [5, 5.41) is 5.79. The van der Waals surface area contributed by atoms with Crippen molar-refractivity contribution in [3.8, 4) is 0 Å². The normalized spacial score (nSPS) is 10.6. The molecule has 0 unspecified atom stereocenters. The first-order valence-electron chi connectivity index (χ1n) is 2.75. The molecule has 0 radical (unpaired) electrons. The third-order valence-corrected chi connectivity index (χ3v) is 0.949. The zero-order valence-electron chi connectivity index (χ0n) is 5.34. The summed E-state index contributed by atoms with van der Waals surface area (Å²) < 4.78 is 4.62. The van der Waals surface area contributed by atoms with Crippen molar-refractivity contribution >= 4 is 0 Å². The molecule has 0 amide bonds. The topological polar surface area (TPSA) is 58.9 Å². The first kappa shape index (κ1) is 6.07. The smallest absolute Gasteiger partial charge is 0.392 e. The molecule has 52 valence electrons. The molecule has 4 heteroatoms. The number of rotatable bonds is 1. The third-order valence-electron chi connectivity index (χ3n) is 0.949. The van der Waals surface area contributed by atoms with E-state index in [-0.39, 0.29) is 7.34 Å². The van der Waals surface area contributed by atoms with Crippen LogP contribution in [0.5, 0.6) is 0 Å². The second-order valence-corrected chi connectivity index (χ2v) is 2.11. The minimum atomic E-state index is -0.487. The molecule has 0 aliphatic heterocycles. The Hall–Kier alpha value is -1.06. The molecule has 0 saturated heterocycles. The van der Waals surface area contributed by atoms with E-state index in [1.165, 1.54) is 0 Å². The van der Waals surface area contributed by atoms with Crippen molar-refractivity contribution in [2.75, 3.05) is 0 Å². The van der Waals surface area contributed by atoms with Crippen molar-refractivity contribution in [2.24, 2.45) is 0 Å². The van der Waals surface area contributed by atoms with Crippen LogP contribution in [-0.2, 0) is 0 Å². The Bertz CT molecular complexity index is 240. The van der Waals surface area contributed by atoms with Gasteiger partial charge in [-0.1, -0.05) is 13.8 Å². The summed E-state index contributed by atoms with van der Waals surface area (Å²) in [5.41, 5.74) is 0. The van der Waals surface area contributed by atoms with Gasteiger partial charge in [-0.25, -0.2) is 9.89 Å². The molecule has 0 fully saturated rings. The van der Waals surface area contributed by atoms with Crippen molar-refractivity contribution < 1.29 is 5.84 Å². The average Bonchev–Trinajstić information content (AvgIpc) is 2.14. The Morgan fingerprint density at radius 3 is 2.67 bits per heavy atom. The Balaban J connectivity index is 0.000000810. The lowest BCUT2D eigenvalue weighted by molar-refractivity contribution is 0.442. The molecule has 1 rings (SSSR count). The maximum absolute atomic E-state index is 10.3. The molecule has 0 aliphatic rings. The van der Waals surface area contributed by atoms with Crippen LogP contribution in [0, 0.1) is 0 Å². The van der Waals surface area contributed by atoms with Crippen LogP contribution in [0.1, 0.15) is 27.1 Å². The number of aromatic amines is 1. The molecule has 0 spiro atoms. The second-order valence-electron chi connectivity index (χ2n) is 2.11. The second kappa shape index (κ2) is 2.05. The van der Waals surface area contributed by atoms with Gasteiger partial charge in [-0.2, -0.15) is 0 Å². The van der Waals surface area contributed by atoms with E-state index in [0.29, 0.717) is 5.89 Å². The number of hydrogen-bond acceptors (Lipinski definition) is 3. The van der Waals surface area contributed by atoms with E-state index in [4.69, 9.17) is 0 Å². The van der Waals surface area contributed by atoms with Crippen LogP contribution in [0.2, 0.25) is 0 Å². The van der Waals surface area contributed by atoms with Gasteiger partial charge in [0, 0.05) is 7.34 Å². The molecule has 0 aromatic carbocycles. The van der Waals surface area contributed by atoms with Crippen molar-refractivity contribution in [3.05, 3.63) is 16.4 Å². The maximum Gasteiger partial charge on any atom is 0.434 e.